The van der Waals surface area contributed by atoms with Gasteiger partial charge in [0.1, 0.15) is 0 Å². The molecule has 2 aliphatic rings. The van der Waals surface area contributed by atoms with E-state index in [0.29, 0.717) is 11.8 Å². The van der Waals surface area contributed by atoms with Gasteiger partial charge in [-0.15, -0.1) is 11.8 Å². The van der Waals surface area contributed by atoms with Crippen molar-refractivity contribution in [1.82, 2.24) is 0 Å². The molecule has 0 spiro atoms. The van der Waals surface area contributed by atoms with E-state index < -0.39 is 0 Å². The van der Waals surface area contributed by atoms with E-state index in [4.69, 9.17) is 0 Å². The van der Waals surface area contributed by atoms with Crippen LogP contribution in [0.25, 0.3) is 0 Å². The first-order valence-electron chi connectivity index (χ1n) is 24.9. The van der Waals surface area contributed by atoms with Gasteiger partial charge in [-0.05, 0) is 157 Å². The fraction of sp³-hybridized carbons (Fsp3) is 0.552. The van der Waals surface area contributed by atoms with Gasteiger partial charge in [-0.3, -0.25) is 0 Å². The Kier molecular flexibility index (Phi) is 18.9. The SMILES string of the molecule is CCCCCc1ccc(C(SC(c2ccc(CCCCC)cc2)c2ccc(C3CCC(CCCC)CC3)cc2C#N)c2ccc(C3CCC(CCCC)CC3)cc2C#N)cc1. The highest BCUT2D eigenvalue weighted by Crippen LogP contribution is 2.50. The van der Waals surface area contributed by atoms with Gasteiger partial charge in [-0.1, -0.05) is 165 Å². The van der Waals surface area contributed by atoms with Crippen LogP contribution in [0.1, 0.15) is 234 Å². The Bertz CT molecular complexity index is 1840. The molecule has 0 radical (unpaired) electrons. The Morgan fingerprint density at radius 3 is 1.20 bits per heavy atom. The number of aryl methyl sites for hydroxylation is 2. The molecule has 6 rings (SSSR count). The Balaban J connectivity index is 1.37. The summed E-state index contributed by atoms with van der Waals surface area (Å²) in [5, 5.41) is 21.7. The van der Waals surface area contributed by atoms with Gasteiger partial charge in [0.05, 0.1) is 33.8 Å². The first kappa shape index (κ1) is 46.7. The third-order valence-electron chi connectivity index (χ3n) is 14.5. The molecule has 4 aromatic carbocycles. The van der Waals surface area contributed by atoms with Gasteiger partial charge in [0.15, 0.2) is 0 Å². The molecule has 2 nitrogen and oxygen atoms in total. The van der Waals surface area contributed by atoms with E-state index in [-0.39, 0.29) is 10.5 Å². The summed E-state index contributed by atoms with van der Waals surface area (Å²) in [6.45, 7) is 9.14. The molecule has 4 aromatic rings. The Morgan fingerprint density at radius 1 is 0.475 bits per heavy atom. The first-order chi connectivity index (χ1) is 30.0. The smallest absolute Gasteiger partial charge is 0.0995 e. The largest absolute Gasteiger partial charge is 0.192 e. The predicted molar refractivity (Wildman–Crippen MR) is 261 cm³/mol. The molecule has 324 valence electrons. The van der Waals surface area contributed by atoms with E-state index >= 15 is 0 Å². The summed E-state index contributed by atoms with van der Waals surface area (Å²) in [6.07, 6.45) is 27.6. The fourth-order valence-corrected chi connectivity index (χ4v) is 12.1. The van der Waals surface area contributed by atoms with Gasteiger partial charge < -0.3 is 0 Å². The summed E-state index contributed by atoms with van der Waals surface area (Å²) < 4.78 is 0. The lowest BCUT2D eigenvalue weighted by atomic mass is 9.76. The standard InChI is InChI=1S/C58H76N2S/c1-5-9-13-17-45-23-31-49(32-24-45)57(55-37-35-51(39-53(55)41-59)47-27-19-43(20-28-47)15-11-7-3)61-58(50-33-25-46(26-34-50)18-14-10-6-2)56-38-36-52(40-54(56)42-60)48-29-21-44(22-30-48)16-12-8-4/h23-26,31-40,43-44,47-48,57-58H,5-22,27-30H2,1-4H3. The zero-order chi connectivity index (χ0) is 42.8. The van der Waals surface area contributed by atoms with E-state index in [1.54, 1.807) is 0 Å². The van der Waals surface area contributed by atoms with Crippen molar-refractivity contribution < 1.29 is 0 Å². The molecule has 2 fully saturated rings. The molecular weight excluding hydrogens is 757 g/mol. The summed E-state index contributed by atoms with van der Waals surface area (Å²) in [5.74, 6) is 2.77. The summed E-state index contributed by atoms with van der Waals surface area (Å²) in [4.78, 5) is 0. The summed E-state index contributed by atoms with van der Waals surface area (Å²) in [6, 6.07) is 37.8. The van der Waals surface area contributed by atoms with Gasteiger partial charge in [-0.25, -0.2) is 0 Å². The van der Waals surface area contributed by atoms with Crippen molar-refractivity contribution in [2.45, 2.75) is 191 Å². The highest BCUT2D eigenvalue weighted by molar-refractivity contribution is 8.00. The zero-order valence-corrected chi connectivity index (χ0v) is 39.2. The predicted octanol–water partition coefficient (Wildman–Crippen LogP) is 17.4. The molecule has 2 saturated carbocycles. The summed E-state index contributed by atoms with van der Waals surface area (Å²) in [5.41, 5.74) is 11.6. The van der Waals surface area contributed by atoms with Crippen LogP contribution in [0.3, 0.4) is 0 Å². The average molecular weight is 833 g/mol. The lowest BCUT2D eigenvalue weighted by Gasteiger charge is -2.31. The number of nitriles is 2. The maximum Gasteiger partial charge on any atom is 0.0995 e. The summed E-state index contributed by atoms with van der Waals surface area (Å²) >= 11 is 1.91. The van der Waals surface area contributed by atoms with Crippen LogP contribution in [0.5, 0.6) is 0 Å². The Morgan fingerprint density at radius 2 is 0.852 bits per heavy atom. The molecule has 0 bridgehead atoms. The zero-order valence-electron chi connectivity index (χ0n) is 38.4. The van der Waals surface area contributed by atoms with Gasteiger partial charge in [-0.2, -0.15) is 10.5 Å². The molecule has 0 heterocycles. The van der Waals surface area contributed by atoms with Crippen molar-refractivity contribution in [3.63, 3.8) is 0 Å². The van der Waals surface area contributed by atoms with Crippen LogP contribution in [0, 0.1) is 34.5 Å². The number of nitrogens with zero attached hydrogens (tertiary/aromatic N) is 2. The monoisotopic (exact) mass is 833 g/mol. The summed E-state index contributed by atoms with van der Waals surface area (Å²) in [7, 11) is 0. The van der Waals surface area contributed by atoms with E-state index in [0.717, 1.165) is 46.9 Å². The van der Waals surface area contributed by atoms with Crippen LogP contribution in [-0.4, -0.2) is 0 Å². The molecule has 0 N–H and O–H groups in total. The first-order valence-corrected chi connectivity index (χ1v) is 25.8. The minimum Gasteiger partial charge on any atom is -0.192 e. The van der Waals surface area contributed by atoms with E-state index in [9.17, 15) is 10.5 Å². The quantitative estimate of drug-likeness (QED) is 0.0741. The van der Waals surface area contributed by atoms with Gasteiger partial charge >= 0.3 is 0 Å². The Labute approximate surface area is 376 Å². The topological polar surface area (TPSA) is 47.6 Å². The molecule has 0 aliphatic heterocycles. The van der Waals surface area contributed by atoms with Gasteiger partial charge in [0.25, 0.3) is 0 Å². The highest BCUT2D eigenvalue weighted by atomic mass is 32.2. The molecule has 2 aliphatic carbocycles. The second-order valence-corrected chi connectivity index (χ2v) is 20.1. The van der Waals surface area contributed by atoms with E-state index in [1.807, 2.05) is 11.8 Å². The Hall–Kier alpha value is -3.79. The van der Waals surface area contributed by atoms with Gasteiger partial charge in [0.2, 0.25) is 0 Å². The van der Waals surface area contributed by atoms with Crippen LogP contribution in [0.4, 0.5) is 0 Å². The van der Waals surface area contributed by atoms with Crippen molar-refractivity contribution >= 4 is 11.8 Å². The molecule has 3 heteroatoms. The van der Waals surface area contributed by atoms with Crippen molar-refractivity contribution in [2.24, 2.45) is 11.8 Å². The second-order valence-electron chi connectivity index (χ2n) is 18.9. The molecule has 2 atom stereocenters. The van der Waals surface area contributed by atoms with Crippen molar-refractivity contribution in [2.75, 3.05) is 0 Å². The average Bonchev–Trinajstić information content (AvgIpc) is 3.31. The van der Waals surface area contributed by atoms with Crippen molar-refractivity contribution in [3.05, 3.63) is 141 Å². The molecule has 0 aromatic heterocycles. The van der Waals surface area contributed by atoms with Crippen LogP contribution in [-0.2, 0) is 12.8 Å². The van der Waals surface area contributed by atoms with E-state index in [2.05, 4.69) is 125 Å². The molecular formula is C58H76N2S. The minimum atomic E-state index is -0.0861. The molecule has 2 unspecified atom stereocenters. The minimum absolute atomic E-state index is 0.0861. The number of hydrogen-bond acceptors (Lipinski definition) is 3. The fourth-order valence-electron chi connectivity index (χ4n) is 10.5. The number of rotatable bonds is 22. The van der Waals surface area contributed by atoms with Crippen LogP contribution in [0.15, 0.2) is 84.9 Å². The van der Waals surface area contributed by atoms with Crippen molar-refractivity contribution in [1.29, 1.82) is 10.5 Å². The maximum absolute atomic E-state index is 10.9. The van der Waals surface area contributed by atoms with Crippen LogP contribution < -0.4 is 0 Å². The lowest BCUT2D eigenvalue weighted by Crippen LogP contribution is -2.14. The maximum atomic E-state index is 10.9. The molecule has 0 saturated heterocycles. The number of benzene rings is 4. The number of unbranched alkanes of at least 4 members (excludes halogenated alkanes) is 6. The van der Waals surface area contributed by atoms with Crippen LogP contribution in [0.2, 0.25) is 0 Å². The number of hydrogen-bond donors (Lipinski definition) is 0. The van der Waals surface area contributed by atoms with Crippen molar-refractivity contribution in [3.8, 4) is 12.1 Å². The molecule has 0 amide bonds. The molecule has 61 heavy (non-hydrogen) atoms. The normalized spacial score (nSPS) is 20.1. The third kappa shape index (κ3) is 13.1. The highest BCUT2D eigenvalue weighted by Gasteiger charge is 2.30. The second kappa shape index (κ2) is 24.7. The number of thioether (sulfide) groups is 1. The van der Waals surface area contributed by atoms with E-state index in [1.165, 1.54) is 162 Å². The lowest BCUT2D eigenvalue weighted by molar-refractivity contribution is 0.304. The third-order valence-corrected chi connectivity index (χ3v) is 16.1. The van der Waals surface area contributed by atoms with Gasteiger partial charge in [0, 0.05) is 0 Å². The van der Waals surface area contributed by atoms with Crippen LogP contribution >= 0.6 is 11.8 Å².